The van der Waals surface area contributed by atoms with Crippen LogP contribution in [0, 0.1) is 0 Å². The number of aromatic carboxylic acids is 1. The van der Waals surface area contributed by atoms with E-state index in [1.807, 2.05) is 0 Å². The average molecular weight is 296 g/mol. The molecule has 0 unspecified atom stereocenters. The maximum absolute atomic E-state index is 11.6. The number of methoxy groups -OCH3 is 1. The van der Waals surface area contributed by atoms with E-state index in [9.17, 15) is 14.7 Å². The second kappa shape index (κ2) is 8.80. The molecule has 0 atom stereocenters. The minimum Gasteiger partial charge on any atom is -0.507 e. The molecule has 7 nitrogen and oxygen atoms in total. The van der Waals surface area contributed by atoms with Crippen molar-refractivity contribution in [2.45, 2.75) is 19.3 Å². The molecule has 0 bridgehead atoms. The number of hydrogen-bond donors (Lipinski definition) is 4. The van der Waals surface area contributed by atoms with E-state index in [-0.39, 0.29) is 11.3 Å². The molecule has 0 aliphatic rings. The molecule has 0 aliphatic carbocycles. The molecule has 0 radical (unpaired) electrons. The Hall–Kier alpha value is -2.28. The maximum atomic E-state index is 11.6. The Balaban J connectivity index is 2.34. The number of nitrogens with one attached hydrogen (secondary N) is 2. The predicted octanol–water partition coefficient (Wildman–Crippen LogP) is 2.03. The first-order valence-electron chi connectivity index (χ1n) is 6.64. The lowest BCUT2D eigenvalue weighted by molar-refractivity contribution is 0.0694. The molecule has 0 aliphatic heterocycles. The second-order valence-electron chi connectivity index (χ2n) is 4.47. The number of carbonyl (C=O) groups is 2. The van der Waals surface area contributed by atoms with Crippen LogP contribution < -0.4 is 10.6 Å². The van der Waals surface area contributed by atoms with Gasteiger partial charge in [0.2, 0.25) is 0 Å². The number of urea groups is 1. The van der Waals surface area contributed by atoms with E-state index in [0.717, 1.165) is 19.3 Å². The van der Waals surface area contributed by atoms with E-state index in [2.05, 4.69) is 10.6 Å². The van der Waals surface area contributed by atoms with Gasteiger partial charge in [-0.2, -0.15) is 0 Å². The van der Waals surface area contributed by atoms with Gasteiger partial charge in [0, 0.05) is 32.0 Å². The smallest absolute Gasteiger partial charge is 0.339 e. The third-order valence-corrected chi connectivity index (χ3v) is 2.80. The number of anilines is 1. The van der Waals surface area contributed by atoms with Crippen molar-refractivity contribution in [1.29, 1.82) is 0 Å². The van der Waals surface area contributed by atoms with Crippen LogP contribution >= 0.6 is 0 Å². The van der Waals surface area contributed by atoms with Crippen LogP contribution in [0.2, 0.25) is 0 Å². The van der Waals surface area contributed by atoms with Gasteiger partial charge in [0.1, 0.15) is 11.3 Å². The molecular formula is C14H20N2O5. The van der Waals surface area contributed by atoms with Gasteiger partial charge in [-0.25, -0.2) is 9.59 Å². The standard InChI is InChI=1S/C14H20N2O5/c1-21-8-4-2-3-7-15-14(20)16-10-5-6-11(13(18)19)12(17)9-10/h5-6,9,17H,2-4,7-8H2,1H3,(H,18,19)(H2,15,16,20). The number of rotatable bonds is 8. The number of ether oxygens (including phenoxy) is 1. The van der Waals surface area contributed by atoms with Gasteiger partial charge < -0.3 is 25.6 Å². The van der Waals surface area contributed by atoms with Crippen molar-refractivity contribution in [1.82, 2.24) is 5.32 Å². The molecule has 0 saturated carbocycles. The quantitative estimate of drug-likeness (QED) is 0.549. The van der Waals surface area contributed by atoms with Gasteiger partial charge in [0.25, 0.3) is 0 Å². The topological polar surface area (TPSA) is 108 Å². The van der Waals surface area contributed by atoms with Crippen molar-refractivity contribution >= 4 is 17.7 Å². The molecule has 0 fully saturated rings. The Morgan fingerprint density at radius 3 is 2.62 bits per heavy atom. The van der Waals surface area contributed by atoms with Crippen molar-refractivity contribution in [3.05, 3.63) is 23.8 Å². The highest BCUT2D eigenvalue weighted by Crippen LogP contribution is 2.21. The van der Waals surface area contributed by atoms with Crippen molar-refractivity contribution in [3.63, 3.8) is 0 Å². The van der Waals surface area contributed by atoms with Crippen LogP contribution in [-0.4, -0.2) is 42.5 Å². The summed E-state index contributed by atoms with van der Waals surface area (Å²) in [4.78, 5) is 22.3. The summed E-state index contributed by atoms with van der Waals surface area (Å²) in [6.07, 6.45) is 2.76. The van der Waals surface area contributed by atoms with Crippen LogP contribution in [0.4, 0.5) is 10.5 Å². The Bertz CT molecular complexity index is 490. The van der Waals surface area contributed by atoms with Gasteiger partial charge >= 0.3 is 12.0 Å². The first-order valence-corrected chi connectivity index (χ1v) is 6.64. The number of aromatic hydroxyl groups is 1. The van der Waals surface area contributed by atoms with E-state index in [0.29, 0.717) is 18.8 Å². The van der Waals surface area contributed by atoms with Gasteiger partial charge in [-0.15, -0.1) is 0 Å². The van der Waals surface area contributed by atoms with Crippen LogP contribution in [-0.2, 0) is 4.74 Å². The third kappa shape index (κ3) is 6.13. The lowest BCUT2D eigenvalue weighted by Gasteiger charge is -2.08. The van der Waals surface area contributed by atoms with Crippen LogP contribution in [0.25, 0.3) is 0 Å². The van der Waals surface area contributed by atoms with E-state index in [4.69, 9.17) is 9.84 Å². The van der Waals surface area contributed by atoms with E-state index in [1.54, 1.807) is 7.11 Å². The molecule has 1 rings (SSSR count). The number of unbranched alkanes of at least 4 members (excludes halogenated alkanes) is 2. The molecule has 0 spiro atoms. The predicted molar refractivity (Wildman–Crippen MR) is 77.8 cm³/mol. The van der Waals surface area contributed by atoms with Gasteiger partial charge in [-0.05, 0) is 31.4 Å². The largest absolute Gasteiger partial charge is 0.507 e. The molecule has 4 N–H and O–H groups in total. The number of carbonyl (C=O) groups excluding carboxylic acids is 1. The Morgan fingerprint density at radius 2 is 2.00 bits per heavy atom. The molecule has 0 heterocycles. The molecular weight excluding hydrogens is 276 g/mol. The first-order chi connectivity index (χ1) is 10.0. The summed E-state index contributed by atoms with van der Waals surface area (Å²) < 4.78 is 4.92. The van der Waals surface area contributed by atoms with Crippen molar-refractivity contribution in [3.8, 4) is 5.75 Å². The van der Waals surface area contributed by atoms with Crippen molar-refractivity contribution < 1.29 is 24.5 Å². The second-order valence-corrected chi connectivity index (χ2v) is 4.47. The van der Waals surface area contributed by atoms with Crippen LogP contribution in [0.3, 0.4) is 0 Å². The summed E-state index contributed by atoms with van der Waals surface area (Å²) in [6, 6.07) is 3.45. The van der Waals surface area contributed by atoms with Crippen molar-refractivity contribution in [2.75, 3.05) is 25.6 Å². The molecule has 2 amide bonds. The zero-order valence-electron chi connectivity index (χ0n) is 11.9. The minimum absolute atomic E-state index is 0.209. The van der Waals surface area contributed by atoms with E-state index in [1.165, 1.54) is 18.2 Å². The molecule has 21 heavy (non-hydrogen) atoms. The molecule has 1 aromatic rings. The van der Waals surface area contributed by atoms with Gasteiger partial charge in [0.05, 0.1) is 0 Å². The van der Waals surface area contributed by atoms with Gasteiger partial charge in [-0.1, -0.05) is 0 Å². The molecule has 0 aromatic heterocycles. The minimum atomic E-state index is -1.22. The number of phenols is 1. The normalized spacial score (nSPS) is 10.1. The Labute approximate surface area is 122 Å². The zero-order chi connectivity index (χ0) is 15.7. The van der Waals surface area contributed by atoms with E-state index < -0.39 is 12.0 Å². The van der Waals surface area contributed by atoms with Gasteiger partial charge in [-0.3, -0.25) is 0 Å². The number of hydrogen-bond acceptors (Lipinski definition) is 4. The molecule has 1 aromatic carbocycles. The Morgan fingerprint density at radius 1 is 1.24 bits per heavy atom. The SMILES string of the molecule is COCCCCCNC(=O)Nc1ccc(C(=O)O)c(O)c1. The number of benzene rings is 1. The summed E-state index contributed by atoms with van der Waals surface area (Å²) >= 11 is 0. The van der Waals surface area contributed by atoms with Crippen LogP contribution in [0.15, 0.2) is 18.2 Å². The summed E-state index contributed by atoms with van der Waals surface area (Å²) in [5.41, 5.74) is 0.119. The molecule has 116 valence electrons. The van der Waals surface area contributed by atoms with Crippen molar-refractivity contribution in [2.24, 2.45) is 0 Å². The fourth-order valence-corrected chi connectivity index (χ4v) is 1.72. The highest BCUT2D eigenvalue weighted by molar-refractivity contribution is 5.93. The fraction of sp³-hybridized carbons (Fsp3) is 0.429. The van der Waals surface area contributed by atoms with Crippen LogP contribution in [0.1, 0.15) is 29.6 Å². The lowest BCUT2D eigenvalue weighted by Crippen LogP contribution is -2.29. The summed E-state index contributed by atoms with van der Waals surface area (Å²) in [5, 5.41) is 23.5. The number of carboxylic acids is 1. The number of amides is 2. The monoisotopic (exact) mass is 296 g/mol. The molecule has 0 saturated heterocycles. The Kier molecular flexibility index (Phi) is 7.03. The van der Waals surface area contributed by atoms with E-state index >= 15 is 0 Å². The summed E-state index contributed by atoms with van der Waals surface area (Å²) in [7, 11) is 1.65. The first kappa shape index (κ1) is 16.8. The maximum Gasteiger partial charge on any atom is 0.339 e. The van der Waals surface area contributed by atoms with Crippen LogP contribution in [0.5, 0.6) is 5.75 Å². The highest BCUT2D eigenvalue weighted by atomic mass is 16.5. The highest BCUT2D eigenvalue weighted by Gasteiger charge is 2.10. The van der Waals surface area contributed by atoms with Gasteiger partial charge in [0.15, 0.2) is 0 Å². The third-order valence-electron chi connectivity index (χ3n) is 2.80. The average Bonchev–Trinajstić information content (AvgIpc) is 2.42. The summed E-state index contributed by atoms with van der Waals surface area (Å²) in [6.45, 7) is 1.25. The molecule has 7 heteroatoms. The fourth-order valence-electron chi connectivity index (χ4n) is 1.72. The zero-order valence-corrected chi connectivity index (χ0v) is 11.9. The lowest BCUT2D eigenvalue weighted by atomic mass is 10.2. The summed E-state index contributed by atoms with van der Waals surface area (Å²) in [5.74, 6) is -1.61. The number of carboxylic acid groups (broad SMARTS) is 1.